The predicted octanol–water partition coefficient (Wildman–Crippen LogP) is 1.83. The van der Waals surface area contributed by atoms with Crippen molar-refractivity contribution in [2.24, 2.45) is 5.92 Å². The number of nitrogens with one attached hydrogen (secondary N) is 2. The van der Waals surface area contributed by atoms with Crippen LogP contribution < -0.4 is 15.5 Å². The molecule has 6 nitrogen and oxygen atoms in total. The lowest BCUT2D eigenvalue weighted by atomic mass is 9.97. The van der Waals surface area contributed by atoms with Crippen molar-refractivity contribution in [2.75, 3.05) is 31.2 Å². The molecular formula is C20H29N3O3. The van der Waals surface area contributed by atoms with E-state index in [1.165, 1.54) is 6.92 Å². The van der Waals surface area contributed by atoms with Crippen LogP contribution in [0.15, 0.2) is 24.3 Å². The van der Waals surface area contributed by atoms with Crippen LogP contribution in [0.5, 0.6) is 0 Å². The Hall–Kier alpha value is -2.08. The molecule has 1 aliphatic carbocycles. The molecule has 142 valence electrons. The van der Waals surface area contributed by atoms with Gasteiger partial charge in [-0.3, -0.25) is 9.59 Å². The molecule has 2 aliphatic rings. The average Bonchev–Trinajstić information content (AvgIpc) is 3.19. The summed E-state index contributed by atoms with van der Waals surface area (Å²) >= 11 is 0. The van der Waals surface area contributed by atoms with E-state index < -0.39 is 6.04 Å². The van der Waals surface area contributed by atoms with Crippen LogP contribution in [0.25, 0.3) is 0 Å². The van der Waals surface area contributed by atoms with Crippen molar-refractivity contribution in [3.63, 3.8) is 0 Å². The average molecular weight is 359 g/mol. The standard InChI is InChI=1S/C20H29N3O3/c1-15(24)22-19(16-6-2-3-7-16)20(25)21-14-17-8-4-5-9-18(17)23-10-12-26-13-11-23/h4-5,8-9,16,19H,2-3,6-7,10-14H2,1H3,(H,21,25)(H,22,24). The number of rotatable bonds is 6. The number of para-hydroxylation sites is 1. The third-order valence-corrected chi connectivity index (χ3v) is 5.31. The second kappa shape index (κ2) is 9.03. The van der Waals surface area contributed by atoms with Crippen molar-refractivity contribution < 1.29 is 14.3 Å². The van der Waals surface area contributed by atoms with E-state index in [0.29, 0.717) is 6.54 Å². The molecular weight excluding hydrogens is 330 g/mol. The van der Waals surface area contributed by atoms with Gasteiger partial charge in [0.15, 0.2) is 0 Å². The first-order valence-electron chi connectivity index (χ1n) is 9.60. The minimum Gasteiger partial charge on any atom is -0.378 e. The molecule has 2 N–H and O–H groups in total. The van der Waals surface area contributed by atoms with Gasteiger partial charge in [0.1, 0.15) is 6.04 Å². The van der Waals surface area contributed by atoms with Crippen LogP contribution in [0.1, 0.15) is 38.2 Å². The highest BCUT2D eigenvalue weighted by molar-refractivity contribution is 5.87. The Morgan fingerprint density at radius 1 is 1.19 bits per heavy atom. The van der Waals surface area contributed by atoms with Crippen molar-refractivity contribution in [3.05, 3.63) is 29.8 Å². The molecule has 26 heavy (non-hydrogen) atoms. The van der Waals surface area contributed by atoms with E-state index in [4.69, 9.17) is 4.74 Å². The van der Waals surface area contributed by atoms with Crippen molar-refractivity contribution >= 4 is 17.5 Å². The van der Waals surface area contributed by atoms with Gasteiger partial charge in [-0.25, -0.2) is 0 Å². The second-order valence-corrected chi connectivity index (χ2v) is 7.17. The van der Waals surface area contributed by atoms with E-state index in [9.17, 15) is 9.59 Å². The molecule has 2 fully saturated rings. The molecule has 1 saturated heterocycles. The summed E-state index contributed by atoms with van der Waals surface area (Å²) in [4.78, 5) is 26.6. The van der Waals surface area contributed by atoms with Crippen LogP contribution >= 0.6 is 0 Å². The quantitative estimate of drug-likeness (QED) is 0.813. The van der Waals surface area contributed by atoms with Gasteiger partial charge in [0.25, 0.3) is 0 Å². The van der Waals surface area contributed by atoms with Crippen LogP contribution in [0.3, 0.4) is 0 Å². The monoisotopic (exact) mass is 359 g/mol. The highest BCUT2D eigenvalue weighted by atomic mass is 16.5. The molecule has 0 spiro atoms. The number of ether oxygens (including phenoxy) is 1. The summed E-state index contributed by atoms with van der Waals surface area (Å²) < 4.78 is 5.43. The first-order chi connectivity index (χ1) is 12.6. The summed E-state index contributed by atoms with van der Waals surface area (Å²) in [5.41, 5.74) is 2.24. The van der Waals surface area contributed by atoms with Gasteiger partial charge in [-0.15, -0.1) is 0 Å². The van der Waals surface area contributed by atoms with Crippen molar-refractivity contribution in [3.8, 4) is 0 Å². The minimum atomic E-state index is -0.425. The van der Waals surface area contributed by atoms with Crippen molar-refractivity contribution in [1.29, 1.82) is 0 Å². The van der Waals surface area contributed by atoms with Gasteiger partial charge in [-0.05, 0) is 30.4 Å². The first-order valence-corrected chi connectivity index (χ1v) is 9.60. The number of morpholine rings is 1. The van der Waals surface area contributed by atoms with E-state index >= 15 is 0 Å². The molecule has 0 radical (unpaired) electrons. The molecule has 0 bridgehead atoms. The van der Waals surface area contributed by atoms with Gasteiger partial charge in [0.05, 0.1) is 13.2 Å². The van der Waals surface area contributed by atoms with E-state index in [1.807, 2.05) is 18.2 Å². The third-order valence-electron chi connectivity index (χ3n) is 5.31. The van der Waals surface area contributed by atoms with Gasteiger partial charge >= 0.3 is 0 Å². The number of benzene rings is 1. The lowest BCUT2D eigenvalue weighted by Gasteiger charge is -2.31. The molecule has 1 heterocycles. The number of hydrogen-bond acceptors (Lipinski definition) is 4. The van der Waals surface area contributed by atoms with Gasteiger partial charge in [-0.1, -0.05) is 31.0 Å². The highest BCUT2D eigenvalue weighted by Gasteiger charge is 2.31. The first kappa shape index (κ1) is 18.7. The Morgan fingerprint density at radius 3 is 2.58 bits per heavy atom. The Kier molecular flexibility index (Phi) is 6.50. The predicted molar refractivity (Wildman–Crippen MR) is 101 cm³/mol. The van der Waals surface area contributed by atoms with E-state index in [2.05, 4.69) is 21.6 Å². The summed E-state index contributed by atoms with van der Waals surface area (Å²) in [6.07, 6.45) is 4.27. The Labute approximate surface area is 155 Å². The molecule has 3 rings (SSSR count). The maximum absolute atomic E-state index is 12.8. The van der Waals surface area contributed by atoms with Crippen LogP contribution in [-0.4, -0.2) is 44.2 Å². The van der Waals surface area contributed by atoms with Gasteiger partial charge in [0, 0.05) is 32.2 Å². The molecule has 1 atom stereocenters. The zero-order chi connectivity index (χ0) is 18.4. The lowest BCUT2D eigenvalue weighted by Crippen LogP contribution is -2.49. The smallest absolute Gasteiger partial charge is 0.243 e. The summed E-state index contributed by atoms with van der Waals surface area (Å²) in [6.45, 7) is 5.13. The van der Waals surface area contributed by atoms with E-state index in [0.717, 1.165) is 63.2 Å². The maximum Gasteiger partial charge on any atom is 0.243 e. The number of carbonyl (C=O) groups excluding carboxylic acids is 2. The Balaban J connectivity index is 1.65. The molecule has 6 heteroatoms. The second-order valence-electron chi connectivity index (χ2n) is 7.17. The molecule has 1 aromatic rings. The molecule has 0 aromatic heterocycles. The summed E-state index contributed by atoms with van der Waals surface area (Å²) in [5.74, 6) is 0.0167. The van der Waals surface area contributed by atoms with E-state index in [-0.39, 0.29) is 17.7 Å². The number of carbonyl (C=O) groups is 2. The number of nitrogens with zero attached hydrogens (tertiary/aromatic N) is 1. The maximum atomic E-state index is 12.8. The van der Waals surface area contributed by atoms with Gasteiger partial charge in [-0.2, -0.15) is 0 Å². The largest absolute Gasteiger partial charge is 0.378 e. The Morgan fingerprint density at radius 2 is 1.88 bits per heavy atom. The third kappa shape index (κ3) is 4.75. The van der Waals surface area contributed by atoms with Crippen LogP contribution in [0.2, 0.25) is 0 Å². The number of hydrogen-bond donors (Lipinski definition) is 2. The van der Waals surface area contributed by atoms with Crippen molar-refractivity contribution in [1.82, 2.24) is 10.6 Å². The van der Waals surface area contributed by atoms with Gasteiger partial charge < -0.3 is 20.3 Å². The van der Waals surface area contributed by atoms with Crippen LogP contribution in [0, 0.1) is 5.92 Å². The highest BCUT2D eigenvalue weighted by Crippen LogP contribution is 2.28. The fraction of sp³-hybridized carbons (Fsp3) is 0.600. The fourth-order valence-corrected chi connectivity index (χ4v) is 3.97. The topological polar surface area (TPSA) is 70.7 Å². The van der Waals surface area contributed by atoms with Gasteiger partial charge in [0.2, 0.25) is 11.8 Å². The fourth-order valence-electron chi connectivity index (χ4n) is 3.97. The summed E-state index contributed by atoms with van der Waals surface area (Å²) in [7, 11) is 0. The van der Waals surface area contributed by atoms with E-state index in [1.54, 1.807) is 0 Å². The summed E-state index contributed by atoms with van der Waals surface area (Å²) in [6, 6.07) is 7.73. The summed E-state index contributed by atoms with van der Waals surface area (Å²) in [5, 5.41) is 5.91. The normalized spacial score (nSPS) is 19.2. The molecule has 2 amide bonds. The molecule has 1 aliphatic heterocycles. The Bertz CT molecular complexity index is 622. The van der Waals surface area contributed by atoms with Crippen LogP contribution in [0.4, 0.5) is 5.69 Å². The minimum absolute atomic E-state index is 0.0797. The van der Waals surface area contributed by atoms with Crippen LogP contribution in [-0.2, 0) is 20.9 Å². The molecule has 1 unspecified atom stereocenters. The SMILES string of the molecule is CC(=O)NC(C(=O)NCc1ccccc1N1CCOCC1)C1CCCC1. The zero-order valence-corrected chi connectivity index (χ0v) is 15.5. The molecule has 1 saturated carbocycles. The number of amides is 2. The number of anilines is 1. The lowest BCUT2D eigenvalue weighted by molar-refractivity contribution is -0.129. The van der Waals surface area contributed by atoms with Crippen molar-refractivity contribution in [2.45, 2.75) is 45.2 Å². The zero-order valence-electron chi connectivity index (χ0n) is 15.5. The molecule has 1 aromatic carbocycles.